The monoisotopic (exact) mass is 446 g/mol. The number of halogens is 1. The van der Waals surface area contributed by atoms with E-state index in [1.54, 1.807) is 18.2 Å². The second-order valence-electron chi connectivity index (χ2n) is 7.35. The molecule has 0 spiro atoms. The van der Waals surface area contributed by atoms with Gasteiger partial charge in [-0.25, -0.2) is 4.39 Å². The van der Waals surface area contributed by atoms with Gasteiger partial charge in [-0.1, -0.05) is 84.6 Å². The van der Waals surface area contributed by atoms with Gasteiger partial charge in [0, 0.05) is 0 Å². The summed E-state index contributed by atoms with van der Waals surface area (Å²) < 4.78 is 16.3. The maximum atomic E-state index is 14.5. The van der Waals surface area contributed by atoms with Crippen LogP contribution in [0.4, 0.5) is 4.39 Å². The van der Waals surface area contributed by atoms with E-state index in [-0.39, 0.29) is 23.5 Å². The molecule has 1 heterocycles. The summed E-state index contributed by atoms with van der Waals surface area (Å²) in [7, 11) is 0. The first-order valence-corrected chi connectivity index (χ1v) is 11.3. The first kappa shape index (κ1) is 21.8. The van der Waals surface area contributed by atoms with Gasteiger partial charge in [0.2, 0.25) is 5.91 Å². The summed E-state index contributed by atoms with van der Waals surface area (Å²) in [6.07, 6.45) is 0. The molecular weight excluding hydrogens is 423 g/mol. The molecule has 0 aliphatic carbocycles. The van der Waals surface area contributed by atoms with Crippen molar-refractivity contribution in [2.24, 2.45) is 0 Å². The van der Waals surface area contributed by atoms with Gasteiger partial charge in [-0.2, -0.15) is 0 Å². The Morgan fingerprint density at radius 3 is 2.34 bits per heavy atom. The van der Waals surface area contributed by atoms with Crippen molar-refractivity contribution < 1.29 is 9.18 Å². The molecule has 0 unspecified atom stereocenters. The van der Waals surface area contributed by atoms with E-state index in [9.17, 15) is 9.18 Å². The molecule has 162 valence electrons. The number of carbonyl (C=O) groups is 1. The fraction of sp³-hybridized carbons (Fsp3) is 0.160. The topological polar surface area (TPSA) is 59.8 Å². The van der Waals surface area contributed by atoms with E-state index in [4.69, 9.17) is 0 Å². The third kappa shape index (κ3) is 5.23. The molecule has 1 aromatic heterocycles. The average molecular weight is 447 g/mol. The third-order valence-electron chi connectivity index (χ3n) is 5.02. The van der Waals surface area contributed by atoms with Gasteiger partial charge in [0.1, 0.15) is 5.82 Å². The first-order valence-electron chi connectivity index (χ1n) is 10.3. The second kappa shape index (κ2) is 10.2. The van der Waals surface area contributed by atoms with E-state index >= 15 is 0 Å². The molecular formula is C25H23FN4OS. The molecule has 0 radical (unpaired) electrons. The molecule has 0 saturated heterocycles. The molecule has 4 aromatic rings. The quantitative estimate of drug-likeness (QED) is 0.383. The number of nitrogens with zero attached hydrogens (tertiary/aromatic N) is 3. The number of benzene rings is 3. The molecule has 1 N–H and O–H groups in total. The van der Waals surface area contributed by atoms with Crippen LogP contribution in [0.1, 0.15) is 24.1 Å². The maximum Gasteiger partial charge on any atom is 0.230 e. The van der Waals surface area contributed by atoms with Gasteiger partial charge >= 0.3 is 0 Å². The lowest BCUT2D eigenvalue weighted by molar-refractivity contribution is -0.119. The van der Waals surface area contributed by atoms with Crippen LogP contribution in [0.3, 0.4) is 0 Å². The molecule has 1 atom stereocenters. The van der Waals surface area contributed by atoms with Crippen LogP contribution < -0.4 is 5.32 Å². The van der Waals surface area contributed by atoms with Gasteiger partial charge < -0.3 is 5.32 Å². The number of hydrogen-bond donors (Lipinski definition) is 1. The van der Waals surface area contributed by atoms with Crippen molar-refractivity contribution in [1.82, 2.24) is 20.1 Å². The van der Waals surface area contributed by atoms with Gasteiger partial charge in [0.15, 0.2) is 11.0 Å². The zero-order valence-corrected chi connectivity index (χ0v) is 18.4. The van der Waals surface area contributed by atoms with E-state index in [1.165, 1.54) is 17.8 Å². The van der Waals surface area contributed by atoms with Crippen molar-refractivity contribution in [3.05, 3.63) is 102 Å². The SMILES string of the molecule is C[C@@H](NC(=O)CSc1nnc(-c2ccccc2F)n1Cc1ccccc1)c1ccccc1. The van der Waals surface area contributed by atoms with Crippen molar-refractivity contribution in [1.29, 1.82) is 0 Å². The Morgan fingerprint density at radius 2 is 1.62 bits per heavy atom. The van der Waals surface area contributed by atoms with Crippen molar-refractivity contribution >= 4 is 17.7 Å². The predicted molar refractivity (Wildman–Crippen MR) is 125 cm³/mol. The number of nitrogens with one attached hydrogen (secondary N) is 1. The highest BCUT2D eigenvalue weighted by Crippen LogP contribution is 2.27. The molecule has 0 saturated carbocycles. The number of carbonyl (C=O) groups excluding carboxylic acids is 1. The predicted octanol–water partition coefficient (Wildman–Crippen LogP) is 5.10. The fourth-order valence-corrected chi connectivity index (χ4v) is 4.13. The molecule has 1 amide bonds. The minimum Gasteiger partial charge on any atom is -0.349 e. The van der Waals surface area contributed by atoms with E-state index in [0.717, 1.165) is 11.1 Å². The van der Waals surface area contributed by atoms with Gasteiger partial charge in [-0.3, -0.25) is 9.36 Å². The molecule has 3 aromatic carbocycles. The number of amides is 1. The lowest BCUT2D eigenvalue weighted by Gasteiger charge is -2.14. The summed E-state index contributed by atoms with van der Waals surface area (Å²) in [4.78, 5) is 12.6. The highest BCUT2D eigenvalue weighted by Gasteiger charge is 2.19. The summed E-state index contributed by atoms with van der Waals surface area (Å²) >= 11 is 1.29. The third-order valence-corrected chi connectivity index (χ3v) is 5.99. The lowest BCUT2D eigenvalue weighted by atomic mass is 10.1. The molecule has 4 rings (SSSR count). The van der Waals surface area contributed by atoms with Crippen LogP contribution in [0.25, 0.3) is 11.4 Å². The summed E-state index contributed by atoms with van der Waals surface area (Å²) in [5.41, 5.74) is 2.46. The van der Waals surface area contributed by atoms with E-state index < -0.39 is 0 Å². The normalized spacial score (nSPS) is 11.8. The molecule has 0 fully saturated rings. The number of rotatable bonds is 8. The van der Waals surface area contributed by atoms with Crippen LogP contribution in [0, 0.1) is 5.82 Å². The maximum absolute atomic E-state index is 14.5. The Balaban J connectivity index is 1.53. The van der Waals surface area contributed by atoms with Crippen LogP contribution >= 0.6 is 11.8 Å². The molecule has 0 bridgehead atoms. The van der Waals surface area contributed by atoms with Crippen LogP contribution in [0.15, 0.2) is 90.1 Å². The summed E-state index contributed by atoms with van der Waals surface area (Å²) in [6, 6.07) is 26.0. The fourth-order valence-electron chi connectivity index (χ4n) is 3.38. The molecule has 0 aliphatic heterocycles. The molecule has 7 heteroatoms. The van der Waals surface area contributed by atoms with Crippen molar-refractivity contribution in [3.63, 3.8) is 0 Å². The van der Waals surface area contributed by atoms with Gasteiger partial charge in [-0.15, -0.1) is 10.2 Å². The van der Waals surface area contributed by atoms with Crippen molar-refractivity contribution in [2.45, 2.75) is 24.7 Å². The second-order valence-corrected chi connectivity index (χ2v) is 8.29. The van der Waals surface area contributed by atoms with Gasteiger partial charge in [0.25, 0.3) is 0 Å². The molecule has 5 nitrogen and oxygen atoms in total. The van der Waals surface area contributed by atoms with Crippen molar-refractivity contribution in [2.75, 3.05) is 5.75 Å². The van der Waals surface area contributed by atoms with E-state index in [2.05, 4.69) is 15.5 Å². The summed E-state index contributed by atoms with van der Waals surface area (Å²) in [6.45, 7) is 2.42. The van der Waals surface area contributed by atoms with Gasteiger partial charge in [-0.05, 0) is 30.2 Å². The molecule has 0 aliphatic rings. The van der Waals surface area contributed by atoms with Crippen LogP contribution in [0.5, 0.6) is 0 Å². The van der Waals surface area contributed by atoms with Gasteiger partial charge in [0.05, 0.1) is 23.9 Å². The van der Waals surface area contributed by atoms with Crippen LogP contribution in [0.2, 0.25) is 0 Å². The summed E-state index contributed by atoms with van der Waals surface area (Å²) in [5, 5.41) is 12.1. The minimum absolute atomic E-state index is 0.0968. The highest BCUT2D eigenvalue weighted by molar-refractivity contribution is 7.99. The van der Waals surface area contributed by atoms with Crippen LogP contribution in [-0.2, 0) is 11.3 Å². The van der Waals surface area contributed by atoms with Crippen molar-refractivity contribution in [3.8, 4) is 11.4 Å². The number of aromatic nitrogens is 3. The standard InChI is InChI=1S/C25H23FN4OS/c1-18(20-12-6-3-7-13-20)27-23(31)17-32-25-29-28-24(21-14-8-9-15-22(21)26)30(25)16-19-10-4-2-5-11-19/h2-15,18H,16-17H2,1H3,(H,27,31)/t18-/m1/s1. The Bertz CT molecular complexity index is 1180. The summed E-state index contributed by atoms with van der Waals surface area (Å²) in [5.74, 6) is 0.155. The minimum atomic E-state index is -0.361. The zero-order valence-electron chi connectivity index (χ0n) is 17.6. The Morgan fingerprint density at radius 1 is 0.969 bits per heavy atom. The van der Waals surface area contributed by atoms with E-state index in [0.29, 0.717) is 23.1 Å². The number of thioether (sulfide) groups is 1. The smallest absolute Gasteiger partial charge is 0.230 e. The first-order chi connectivity index (χ1) is 15.6. The average Bonchev–Trinajstić information content (AvgIpc) is 3.21. The van der Waals surface area contributed by atoms with E-state index in [1.807, 2.05) is 72.2 Å². The highest BCUT2D eigenvalue weighted by atomic mass is 32.2. The van der Waals surface area contributed by atoms with Crippen LogP contribution in [-0.4, -0.2) is 26.4 Å². The molecule has 32 heavy (non-hydrogen) atoms. The zero-order chi connectivity index (χ0) is 22.3. The Kier molecular flexibility index (Phi) is 6.97. The largest absolute Gasteiger partial charge is 0.349 e. The Hall–Kier alpha value is -3.45. The Labute approximate surface area is 190 Å². The lowest BCUT2D eigenvalue weighted by Crippen LogP contribution is -2.28. The number of hydrogen-bond acceptors (Lipinski definition) is 4.